The van der Waals surface area contributed by atoms with E-state index >= 15 is 0 Å². The summed E-state index contributed by atoms with van der Waals surface area (Å²) in [7, 11) is 0. The van der Waals surface area contributed by atoms with Crippen LogP contribution in [0.5, 0.6) is 0 Å². The van der Waals surface area contributed by atoms with Crippen LogP contribution in [0.15, 0.2) is 0 Å². The first kappa shape index (κ1) is 18.6. The Labute approximate surface area is 163 Å². The highest BCUT2D eigenvalue weighted by atomic mass is 32.1. The Morgan fingerprint density at radius 3 is 2.85 bits per heavy atom. The monoisotopic (exact) mass is 389 g/mol. The summed E-state index contributed by atoms with van der Waals surface area (Å²) in [5.41, 5.74) is 1.37. The van der Waals surface area contributed by atoms with Gasteiger partial charge in [0.2, 0.25) is 5.91 Å². The fourth-order valence-electron chi connectivity index (χ4n) is 3.73. The van der Waals surface area contributed by atoms with Crippen molar-refractivity contribution in [2.45, 2.75) is 45.7 Å². The average Bonchev–Trinajstić information content (AvgIpc) is 3.20. The molecule has 0 atom stereocenters. The quantitative estimate of drug-likeness (QED) is 0.786. The fraction of sp³-hybridized carbons (Fsp3) is 0.632. The van der Waals surface area contributed by atoms with Gasteiger partial charge < -0.3 is 15.4 Å². The zero-order valence-electron chi connectivity index (χ0n) is 16.0. The number of fused-ring (bicyclic) bond motifs is 3. The van der Waals surface area contributed by atoms with Gasteiger partial charge in [-0.25, -0.2) is 9.97 Å². The van der Waals surface area contributed by atoms with Crippen LogP contribution in [0.25, 0.3) is 10.2 Å². The lowest BCUT2D eigenvalue weighted by Crippen LogP contribution is -2.36. The number of carbonyl (C=O) groups excluding carboxylic acids is 1. The molecular formula is C19H27N5O2S. The summed E-state index contributed by atoms with van der Waals surface area (Å²) in [5.74, 6) is 1.61. The minimum absolute atomic E-state index is 0.0154. The topological polar surface area (TPSA) is 79.4 Å². The van der Waals surface area contributed by atoms with Crippen LogP contribution in [-0.2, 0) is 28.9 Å². The van der Waals surface area contributed by atoms with E-state index in [-0.39, 0.29) is 18.5 Å². The van der Waals surface area contributed by atoms with E-state index in [1.54, 1.807) is 11.3 Å². The molecule has 0 spiro atoms. The molecule has 2 N–H and O–H groups in total. The maximum atomic E-state index is 12.1. The summed E-state index contributed by atoms with van der Waals surface area (Å²) >= 11 is 1.79. The number of thiophene rings is 1. The zero-order valence-corrected chi connectivity index (χ0v) is 16.8. The van der Waals surface area contributed by atoms with Gasteiger partial charge in [-0.2, -0.15) is 0 Å². The van der Waals surface area contributed by atoms with Crippen molar-refractivity contribution in [3.05, 3.63) is 16.3 Å². The molecule has 0 aromatic carbocycles. The van der Waals surface area contributed by atoms with Crippen LogP contribution in [-0.4, -0.2) is 59.7 Å². The number of hydrogen-bond donors (Lipinski definition) is 2. The van der Waals surface area contributed by atoms with Gasteiger partial charge >= 0.3 is 0 Å². The number of amides is 1. The van der Waals surface area contributed by atoms with Crippen molar-refractivity contribution in [2.24, 2.45) is 0 Å². The Kier molecular flexibility index (Phi) is 5.56. The second-order valence-corrected chi connectivity index (χ2v) is 8.57. The lowest BCUT2D eigenvalue weighted by Gasteiger charge is -2.25. The van der Waals surface area contributed by atoms with E-state index in [9.17, 15) is 4.79 Å². The van der Waals surface area contributed by atoms with Gasteiger partial charge in [0.15, 0.2) is 0 Å². The first-order chi connectivity index (χ1) is 13.1. The highest BCUT2D eigenvalue weighted by molar-refractivity contribution is 7.19. The third-order valence-electron chi connectivity index (χ3n) is 4.95. The molecule has 1 fully saturated rings. The number of carbonyl (C=O) groups is 1. The van der Waals surface area contributed by atoms with Crippen LogP contribution in [0, 0.1) is 0 Å². The van der Waals surface area contributed by atoms with Crippen molar-refractivity contribution in [2.75, 3.05) is 38.2 Å². The molecule has 146 valence electrons. The third-order valence-corrected chi connectivity index (χ3v) is 6.13. The second-order valence-electron chi connectivity index (χ2n) is 7.49. The van der Waals surface area contributed by atoms with E-state index in [0.29, 0.717) is 0 Å². The minimum atomic E-state index is -0.0154. The van der Waals surface area contributed by atoms with E-state index in [1.165, 1.54) is 16.9 Å². The molecule has 7 nitrogen and oxygen atoms in total. The number of rotatable bonds is 6. The molecule has 3 heterocycles. The van der Waals surface area contributed by atoms with Gasteiger partial charge in [-0.05, 0) is 38.7 Å². The normalized spacial score (nSPS) is 17.4. The summed E-state index contributed by atoms with van der Waals surface area (Å²) in [4.78, 5) is 26.6. The molecule has 2 aromatic rings. The molecule has 1 saturated heterocycles. The number of nitrogens with zero attached hydrogens (tertiary/aromatic N) is 3. The summed E-state index contributed by atoms with van der Waals surface area (Å²) in [6, 6.07) is 0.131. The fourth-order valence-corrected chi connectivity index (χ4v) is 5.01. The number of ether oxygens (including phenoxy) is 1. The SMILES string of the molecule is CC(C)NC(=O)CNc1nc(CN2CCOCC2)nc2sc3c(c12)CCC3. The van der Waals surface area contributed by atoms with Crippen LogP contribution in [0.4, 0.5) is 5.82 Å². The van der Waals surface area contributed by atoms with Crippen molar-refractivity contribution < 1.29 is 9.53 Å². The summed E-state index contributed by atoms with van der Waals surface area (Å²) < 4.78 is 5.43. The predicted molar refractivity (Wildman–Crippen MR) is 107 cm³/mol. The summed E-state index contributed by atoms with van der Waals surface area (Å²) in [5, 5.41) is 7.33. The average molecular weight is 390 g/mol. The van der Waals surface area contributed by atoms with Gasteiger partial charge in [-0.15, -0.1) is 11.3 Å². The number of anilines is 1. The maximum absolute atomic E-state index is 12.1. The molecule has 4 rings (SSSR count). The molecule has 2 aliphatic rings. The molecule has 0 bridgehead atoms. The largest absolute Gasteiger partial charge is 0.379 e. The van der Waals surface area contributed by atoms with Gasteiger partial charge in [-0.1, -0.05) is 0 Å². The van der Waals surface area contributed by atoms with Crippen LogP contribution in [0.2, 0.25) is 0 Å². The Hall–Kier alpha value is -1.77. The maximum Gasteiger partial charge on any atom is 0.239 e. The standard InChI is InChI=1S/C19H27N5O2S/c1-12(2)21-16(25)10-20-18-17-13-4-3-5-14(13)27-19(17)23-15(22-18)11-24-6-8-26-9-7-24/h12H,3-11H2,1-2H3,(H,21,25)(H,20,22,23). The smallest absolute Gasteiger partial charge is 0.239 e. The molecule has 0 saturated carbocycles. The van der Waals surface area contributed by atoms with Crippen LogP contribution >= 0.6 is 11.3 Å². The van der Waals surface area contributed by atoms with Crippen LogP contribution < -0.4 is 10.6 Å². The van der Waals surface area contributed by atoms with Gasteiger partial charge in [0, 0.05) is 24.0 Å². The molecule has 1 amide bonds. The number of nitrogens with one attached hydrogen (secondary N) is 2. The highest BCUT2D eigenvalue weighted by Gasteiger charge is 2.23. The van der Waals surface area contributed by atoms with Crippen molar-refractivity contribution in [3.8, 4) is 0 Å². The second kappa shape index (κ2) is 8.08. The number of aryl methyl sites for hydroxylation is 2. The molecule has 0 unspecified atom stereocenters. The molecule has 1 aliphatic carbocycles. The number of morpholine rings is 1. The zero-order chi connectivity index (χ0) is 18.8. The van der Waals surface area contributed by atoms with Crippen LogP contribution in [0.1, 0.15) is 36.5 Å². The van der Waals surface area contributed by atoms with Gasteiger partial charge in [0.1, 0.15) is 16.5 Å². The Morgan fingerprint density at radius 2 is 2.07 bits per heavy atom. The van der Waals surface area contributed by atoms with Gasteiger partial charge in [-0.3, -0.25) is 9.69 Å². The molecular weight excluding hydrogens is 362 g/mol. The van der Waals surface area contributed by atoms with Crippen molar-refractivity contribution >= 4 is 33.3 Å². The lowest BCUT2D eigenvalue weighted by atomic mass is 10.2. The molecule has 1 aliphatic heterocycles. The highest BCUT2D eigenvalue weighted by Crippen LogP contribution is 2.39. The third kappa shape index (κ3) is 4.23. The predicted octanol–water partition coefficient (Wildman–Crippen LogP) is 1.95. The summed E-state index contributed by atoms with van der Waals surface area (Å²) in [6.45, 7) is 8.20. The Morgan fingerprint density at radius 1 is 1.26 bits per heavy atom. The molecule has 27 heavy (non-hydrogen) atoms. The Bertz CT molecular complexity index is 829. The van der Waals surface area contributed by atoms with E-state index < -0.39 is 0 Å². The van der Waals surface area contributed by atoms with E-state index in [0.717, 1.165) is 67.5 Å². The van der Waals surface area contributed by atoms with E-state index in [2.05, 4.69) is 15.5 Å². The Balaban J connectivity index is 1.60. The van der Waals surface area contributed by atoms with Crippen molar-refractivity contribution in [3.63, 3.8) is 0 Å². The molecule has 2 aromatic heterocycles. The molecule has 0 radical (unpaired) electrons. The molecule has 8 heteroatoms. The first-order valence-corrected chi connectivity index (χ1v) is 10.6. The van der Waals surface area contributed by atoms with Gasteiger partial charge in [0.25, 0.3) is 0 Å². The lowest BCUT2D eigenvalue weighted by molar-refractivity contribution is -0.119. The van der Waals surface area contributed by atoms with Crippen molar-refractivity contribution in [1.82, 2.24) is 20.2 Å². The van der Waals surface area contributed by atoms with Gasteiger partial charge in [0.05, 0.1) is 31.7 Å². The van der Waals surface area contributed by atoms with E-state index in [4.69, 9.17) is 14.7 Å². The number of hydrogen-bond acceptors (Lipinski definition) is 7. The van der Waals surface area contributed by atoms with Crippen LogP contribution in [0.3, 0.4) is 0 Å². The van der Waals surface area contributed by atoms with Crippen molar-refractivity contribution in [1.29, 1.82) is 0 Å². The van der Waals surface area contributed by atoms with E-state index in [1.807, 2.05) is 13.8 Å². The number of aromatic nitrogens is 2. The summed E-state index contributed by atoms with van der Waals surface area (Å²) in [6.07, 6.45) is 3.40. The minimum Gasteiger partial charge on any atom is -0.379 e. The first-order valence-electron chi connectivity index (χ1n) is 9.74.